The Labute approximate surface area is 95.9 Å². The zero-order valence-corrected chi connectivity index (χ0v) is 9.57. The minimum absolute atomic E-state index is 0.208. The number of hydrogen-bond acceptors (Lipinski definition) is 3. The van der Waals surface area contributed by atoms with Crippen LogP contribution >= 0.6 is 0 Å². The fourth-order valence-electron chi connectivity index (χ4n) is 1.04. The number of ether oxygens (including phenoxy) is 1. The van der Waals surface area contributed by atoms with E-state index in [9.17, 15) is 9.59 Å². The summed E-state index contributed by atoms with van der Waals surface area (Å²) in [7, 11) is 0. The standard InChI is InChI=1S/C6H9NO.C6H8O2/c1-2-7-5-3-4-6(7)8;1-4-8-6(7)5(2)3/h2H,1,3-5H2;4H,1-2H2,3H3. The van der Waals surface area contributed by atoms with E-state index in [1.165, 1.54) is 0 Å². The van der Waals surface area contributed by atoms with E-state index in [1.807, 2.05) is 0 Å². The average molecular weight is 223 g/mol. The molecule has 1 amide bonds. The van der Waals surface area contributed by atoms with Crippen molar-refractivity contribution >= 4 is 11.9 Å². The van der Waals surface area contributed by atoms with Crippen molar-refractivity contribution in [3.63, 3.8) is 0 Å². The summed E-state index contributed by atoms with van der Waals surface area (Å²) in [4.78, 5) is 22.7. The third-order valence-corrected chi connectivity index (χ3v) is 1.87. The van der Waals surface area contributed by atoms with Crippen molar-refractivity contribution in [2.45, 2.75) is 19.8 Å². The maximum Gasteiger partial charge on any atom is 0.337 e. The normalized spacial score (nSPS) is 13.6. The number of amides is 1. The van der Waals surface area contributed by atoms with Crippen molar-refractivity contribution in [2.24, 2.45) is 0 Å². The van der Waals surface area contributed by atoms with E-state index in [-0.39, 0.29) is 5.91 Å². The van der Waals surface area contributed by atoms with Crippen LogP contribution in [-0.4, -0.2) is 23.3 Å². The molecule has 1 fully saturated rings. The van der Waals surface area contributed by atoms with Crippen molar-refractivity contribution in [3.05, 3.63) is 37.8 Å². The molecule has 0 radical (unpaired) electrons. The number of hydrogen-bond donors (Lipinski definition) is 0. The van der Waals surface area contributed by atoms with E-state index in [0.29, 0.717) is 12.0 Å². The summed E-state index contributed by atoms with van der Waals surface area (Å²) in [5, 5.41) is 0. The predicted molar refractivity (Wildman–Crippen MR) is 62.2 cm³/mol. The highest BCUT2D eigenvalue weighted by Crippen LogP contribution is 2.08. The van der Waals surface area contributed by atoms with Crippen molar-refractivity contribution < 1.29 is 14.3 Å². The summed E-state index contributed by atoms with van der Waals surface area (Å²) >= 11 is 0. The maximum atomic E-state index is 10.7. The van der Waals surface area contributed by atoms with Crippen molar-refractivity contribution in [1.29, 1.82) is 0 Å². The molecule has 88 valence electrons. The average Bonchev–Trinajstić information content (AvgIpc) is 2.65. The molecule has 1 saturated heterocycles. The van der Waals surface area contributed by atoms with Crippen LogP contribution in [-0.2, 0) is 14.3 Å². The Hall–Kier alpha value is -1.84. The smallest absolute Gasteiger partial charge is 0.337 e. The second kappa shape index (κ2) is 7.45. The van der Waals surface area contributed by atoms with Crippen LogP contribution in [0.25, 0.3) is 0 Å². The number of nitrogens with zero attached hydrogens (tertiary/aromatic N) is 1. The quantitative estimate of drug-likeness (QED) is 0.417. The number of carbonyl (C=O) groups excluding carboxylic acids is 2. The number of esters is 1. The van der Waals surface area contributed by atoms with Crippen LogP contribution in [0.2, 0.25) is 0 Å². The summed E-state index contributed by atoms with van der Waals surface area (Å²) in [6, 6.07) is 0. The lowest BCUT2D eigenvalue weighted by Gasteiger charge is -2.05. The molecule has 1 aliphatic heterocycles. The minimum Gasteiger partial charge on any atom is -0.432 e. The summed E-state index contributed by atoms with van der Waals surface area (Å²) < 4.78 is 4.33. The van der Waals surface area contributed by atoms with Gasteiger partial charge in [-0.15, -0.1) is 0 Å². The molecule has 1 heterocycles. The van der Waals surface area contributed by atoms with Gasteiger partial charge in [0, 0.05) is 18.5 Å². The van der Waals surface area contributed by atoms with Gasteiger partial charge in [-0.05, 0) is 19.5 Å². The lowest BCUT2D eigenvalue weighted by Crippen LogP contribution is -2.16. The Morgan fingerprint density at radius 3 is 2.31 bits per heavy atom. The molecular formula is C12H17NO3. The SMILES string of the molecule is C=CN1CCCC1=O.C=COC(=O)C(=C)C. The first kappa shape index (κ1) is 14.2. The van der Waals surface area contributed by atoms with Gasteiger partial charge in [0.05, 0.1) is 6.26 Å². The molecule has 0 N–H and O–H groups in total. The Balaban J connectivity index is 0.000000281. The molecule has 0 aliphatic carbocycles. The third-order valence-electron chi connectivity index (χ3n) is 1.87. The van der Waals surface area contributed by atoms with Crippen LogP contribution in [0, 0.1) is 0 Å². The predicted octanol–water partition coefficient (Wildman–Crippen LogP) is 2.00. The highest BCUT2D eigenvalue weighted by atomic mass is 16.5. The van der Waals surface area contributed by atoms with Crippen molar-refractivity contribution in [3.8, 4) is 0 Å². The van der Waals surface area contributed by atoms with Crippen molar-refractivity contribution in [2.75, 3.05) is 6.54 Å². The Kier molecular flexibility index (Phi) is 6.59. The molecule has 0 atom stereocenters. The first-order chi connectivity index (χ1) is 7.52. The van der Waals surface area contributed by atoms with Gasteiger partial charge in [-0.25, -0.2) is 4.79 Å². The molecule has 0 unspecified atom stereocenters. The van der Waals surface area contributed by atoms with Crippen molar-refractivity contribution in [1.82, 2.24) is 4.90 Å². The molecule has 0 saturated carbocycles. The van der Waals surface area contributed by atoms with E-state index >= 15 is 0 Å². The molecule has 1 rings (SSSR count). The van der Waals surface area contributed by atoms with Crippen LogP contribution in [0.15, 0.2) is 37.8 Å². The van der Waals surface area contributed by atoms with E-state index in [0.717, 1.165) is 19.2 Å². The second-order valence-electron chi connectivity index (χ2n) is 3.23. The molecule has 4 heteroatoms. The van der Waals surface area contributed by atoms with Crippen LogP contribution < -0.4 is 0 Å². The topological polar surface area (TPSA) is 46.6 Å². The van der Waals surface area contributed by atoms with Gasteiger partial charge < -0.3 is 9.64 Å². The van der Waals surface area contributed by atoms with Gasteiger partial charge in [0.15, 0.2) is 0 Å². The molecule has 0 aromatic carbocycles. The fraction of sp³-hybridized carbons (Fsp3) is 0.333. The van der Waals surface area contributed by atoms with Gasteiger partial charge in [0.1, 0.15) is 0 Å². The third kappa shape index (κ3) is 5.14. The molecule has 4 nitrogen and oxygen atoms in total. The summed E-state index contributed by atoms with van der Waals surface area (Å²) in [5.41, 5.74) is 0.380. The summed E-state index contributed by atoms with van der Waals surface area (Å²) in [6.45, 7) is 12.5. The molecule has 16 heavy (non-hydrogen) atoms. The minimum atomic E-state index is -0.431. The van der Waals surface area contributed by atoms with E-state index in [4.69, 9.17) is 0 Å². The number of rotatable bonds is 3. The van der Waals surface area contributed by atoms with Crippen LogP contribution in [0.4, 0.5) is 0 Å². The van der Waals surface area contributed by atoms with E-state index < -0.39 is 5.97 Å². The lowest BCUT2D eigenvalue weighted by atomic mass is 10.4. The van der Waals surface area contributed by atoms with Crippen LogP contribution in [0.5, 0.6) is 0 Å². The monoisotopic (exact) mass is 223 g/mol. The van der Waals surface area contributed by atoms with Gasteiger partial charge in [-0.3, -0.25) is 4.79 Å². The zero-order valence-electron chi connectivity index (χ0n) is 9.57. The first-order valence-electron chi connectivity index (χ1n) is 4.92. The Morgan fingerprint density at radius 2 is 2.12 bits per heavy atom. The fourth-order valence-corrected chi connectivity index (χ4v) is 1.04. The summed E-state index contributed by atoms with van der Waals surface area (Å²) in [5.74, 6) is -0.222. The van der Waals surface area contributed by atoms with Crippen LogP contribution in [0.3, 0.4) is 0 Å². The molecule has 0 spiro atoms. The molecule has 0 aromatic rings. The maximum absolute atomic E-state index is 10.7. The van der Waals surface area contributed by atoms with Gasteiger partial charge in [0.25, 0.3) is 0 Å². The largest absolute Gasteiger partial charge is 0.432 e. The Bertz CT molecular complexity index is 307. The summed E-state index contributed by atoms with van der Waals surface area (Å²) in [6.07, 6.45) is 4.36. The van der Waals surface area contributed by atoms with Gasteiger partial charge in [0.2, 0.25) is 5.91 Å². The first-order valence-corrected chi connectivity index (χ1v) is 4.92. The lowest BCUT2D eigenvalue weighted by molar-refractivity contribution is -0.133. The molecule has 0 bridgehead atoms. The van der Waals surface area contributed by atoms with E-state index in [2.05, 4.69) is 24.5 Å². The Morgan fingerprint density at radius 1 is 1.50 bits per heavy atom. The molecule has 0 aromatic heterocycles. The van der Waals surface area contributed by atoms with Gasteiger partial charge in [-0.1, -0.05) is 19.7 Å². The zero-order chi connectivity index (χ0) is 12.6. The van der Waals surface area contributed by atoms with E-state index in [1.54, 1.807) is 18.0 Å². The van der Waals surface area contributed by atoms with Crippen LogP contribution in [0.1, 0.15) is 19.8 Å². The molecular weight excluding hydrogens is 206 g/mol. The van der Waals surface area contributed by atoms with Gasteiger partial charge in [-0.2, -0.15) is 0 Å². The molecule has 1 aliphatic rings. The van der Waals surface area contributed by atoms with Gasteiger partial charge >= 0.3 is 5.97 Å². The second-order valence-corrected chi connectivity index (χ2v) is 3.23. The highest BCUT2D eigenvalue weighted by molar-refractivity contribution is 5.87. The number of likely N-dealkylation sites (tertiary alicyclic amines) is 1. The highest BCUT2D eigenvalue weighted by Gasteiger charge is 2.15. The number of carbonyl (C=O) groups is 2.